The van der Waals surface area contributed by atoms with Gasteiger partial charge in [-0.15, -0.1) is 0 Å². The summed E-state index contributed by atoms with van der Waals surface area (Å²) < 4.78 is 0. The Morgan fingerprint density at radius 3 is 2.12 bits per heavy atom. The predicted octanol–water partition coefficient (Wildman–Crippen LogP) is 4.41. The van der Waals surface area contributed by atoms with Crippen molar-refractivity contribution >= 4 is 17.6 Å². The van der Waals surface area contributed by atoms with Gasteiger partial charge in [0, 0.05) is 49.2 Å². The summed E-state index contributed by atoms with van der Waals surface area (Å²) in [5, 5.41) is 19.0. The van der Waals surface area contributed by atoms with Gasteiger partial charge in [-0.25, -0.2) is 4.79 Å². The van der Waals surface area contributed by atoms with E-state index in [1.165, 1.54) is 6.20 Å². The van der Waals surface area contributed by atoms with Gasteiger partial charge in [-0.05, 0) is 59.0 Å². The number of aromatic carboxylic acids is 1. The van der Waals surface area contributed by atoms with Gasteiger partial charge in [0.1, 0.15) is 5.75 Å². The molecule has 0 aliphatic carbocycles. The number of piperazine rings is 1. The molecule has 2 aromatic carbocycles. The average Bonchev–Trinajstić information content (AvgIpc) is 2.83. The van der Waals surface area contributed by atoms with Gasteiger partial charge in [-0.1, -0.05) is 26.8 Å². The molecule has 7 heteroatoms. The van der Waals surface area contributed by atoms with Gasteiger partial charge in [0.15, 0.2) is 0 Å². The molecule has 1 aliphatic rings. The van der Waals surface area contributed by atoms with Crippen LogP contribution < -0.4 is 4.90 Å². The quantitative estimate of drug-likeness (QED) is 0.600. The number of pyridine rings is 1. The molecule has 2 heterocycles. The summed E-state index contributed by atoms with van der Waals surface area (Å²) in [6.07, 6.45) is 3.07. The Hall–Kier alpha value is -3.87. The Kier molecular flexibility index (Phi) is 6.28. The maximum atomic E-state index is 13.5. The number of hydrogen-bond acceptors (Lipinski definition) is 5. The molecule has 0 bridgehead atoms. The summed E-state index contributed by atoms with van der Waals surface area (Å²) in [5.41, 5.74) is 4.31. The molecule has 3 aromatic rings. The number of carboxylic acids is 1. The molecule has 1 amide bonds. The molecule has 2 N–H and O–H groups in total. The molecule has 1 saturated heterocycles. The molecule has 1 fully saturated rings. The van der Waals surface area contributed by atoms with Crippen LogP contribution in [0.2, 0.25) is 0 Å². The lowest BCUT2D eigenvalue weighted by Crippen LogP contribution is -2.48. The Bertz CT molecular complexity index is 1210. The zero-order chi connectivity index (χ0) is 24.5. The van der Waals surface area contributed by atoms with Gasteiger partial charge >= 0.3 is 5.97 Å². The summed E-state index contributed by atoms with van der Waals surface area (Å²) >= 11 is 0. The zero-order valence-corrected chi connectivity index (χ0v) is 19.7. The fraction of sp³-hybridized carbons (Fsp3) is 0.296. The van der Waals surface area contributed by atoms with Gasteiger partial charge in [0.05, 0.1) is 11.8 Å². The van der Waals surface area contributed by atoms with Gasteiger partial charge < -0.3 is 20.0 Å². The molecule has 1 aromatic heterocycles. The fourth-order valence-electron chi connectivity index (χ4n) is 4.10. The monoisotopic (exact) mass is 459 g/mol. The summed E-state index contributed by atoms with van der Waals surface area (Å²) in [7, 11) is 0. The molecule has 34 heavy (non-hydrogen) atoms. The first-order chi connectivity index (χ1) is 16.1. The number of aromatic hydroxyl groups is 1. The minimum Gasteiger partial charge on any atom is -0.506 e. The minimum atomic E-state index is -0.944. The highest BCUT2D eigenvalue weighted by Gasteiger charge is 2.25. The Labute approximate surface area is 199 Å². The van der Waals surface area contributed by atoms with Crippen molar-refractivity contribution in [3.05, 3.63) is 77.6 Å². The number of anilines is 1. The van der Waals surface area contributed by atoms with E-state index in [0.29, 0.717) is 31.7 Å². The van der Waals surface area contributed by atoms with E-state index in [1.807, 2.05) is 35.2 Å². The number of carbonyl (C=O) groups excluding carboxylic acids is 1. The highest BCUT2D eigenvalue weighted by molar-refractivity contribution is 5.96. The van der Waals surface area contributed by atoms with Crippen molar-refractivity contribution in [1.29, 1.82) is 0 Å². The zero-order valence-electron chi connectivity index (χ0n) is 19.7. The first-order valence-electron chi connectivity index (χ1n) is 11.3. The third-order valence-electron chi connectivity index (χ3n) is 6.15. The molecule has 0 atom stereocenters. The molecule has 7 nitrogen and oxygen atoms in total. The van der Waals surface area contributed by atoms with Gasteiger partial charge in [-0.3, -0.25) is 9.78 Å². The van der Waals surface area contributed by atoms with E-state index in [1.54, 1.807) is 24.4 Å². The maximum absolute atomic E-state index is 13.5. The molecule has 0 radical (unpaired) electrons. The molecular formula is C27H29N3O4. The van der Waals surface area contributed by atoms with Crippen LogP contribution in [0.1, 0.15) is 47.1 Å². The second kappa shape index (κ2) is 9.17. The lowest BCUT2D eigenvalue weighted by Gasteiger charge is -2.36. The average molecular weight is 460 g/mol. The minimum absolute atomic E-state index is 0.0265. The number of benzene rings is 2. The van der Waals surface area contributed by atoms with Crippen molar-refractivity contribution in [3.8, 4) is 16.9 Å². The van der Waals surface area contributed by atoms with Crippen LogP contribution in [0.5, 0.6) is 5.75 Å². The van der Waals surface area contributed by atoms with Gasteiger partial charge in [-0.2, -0.15) is 0 Å². The van der Waals surface area contributed by atoms with Crippen molar-refractivity contribution < 1.29 is 19.8 Å². The number of amides is 1. The number of hydrogen-bond donors (Lipinski definition) is 2. The first-order valence-corrected chi connectivity index (χ1v) is 11.3. The normalized spacial score (nSPS) is 14.2. The van der Waals surface area contributed by atoms with Crippen molar-refractivity contribution in [1.82, 2.24) is 9.88 Å². The van der Waals surface area contributed by atoms with Crippen LogP contribution in [0.25, 0.3) is 11.1 Å². The summed E-state index contributed by atoms with van der Waals surface area (Å²) in [5.74, 6) is -0.888. The number of aromatic nitrogens is 1. The maximum Gasteiger partial charge on any atom is 0.335 e. The van der Waals surface area contributed by atoms with Crippen molar-refractivity contribution in [2.24, 2.45) is 0 Å². The Morgan fingerprint density at radius 2 is 1.53 bits per heavy atom. The topological polar surface area (TPSA) is 94.0 Å². The Balaban J connectivity index is 1.54. The van der Waals surface area contributed by atoms with Gasteiger partial charge in [0.25, 0.3) is 5.91 Å². The van der Waals surface area contributed by atoms with E-state index in [-0.39, 0.29) is 22.6 Å². The SMILES string of the molecule is CC(C)(C)c1cc(C(=O)N2CCN(c3ccc(C(=O)O)cc3)CC2)cc(-c2cncc(O)c2)c1. The van der Waals surface area contributed by atoms with Crippen LogP contribution in [-0.4, -0.2) is 58.2 Å². The van der Waals surface area contributed by atoms with Crippen LogP contribution in [0.3, 0.4) is 0 Å². The van der Waals surface area contributed by atoms with E-state index >= 15 is 0 Å². The number of rotatable bonds is 4. The highest BCUT2D eigenvalue weighted by Crippen LogP contribution is 2.31. The number of carboxylic acid groups (broad SMARTS) is 1. The van der Waals surface area contributed by atoms with Crippen LogP contribution in [0, 0.1) is 0 Å². The number of carbonyl (C=O) groups is 2. The molecule has 176 valence electrons. The van der Waals surface area contributed by atoms with Crippen molar-refractivity contribution in [3.63, 3.8) is 0 Å². The highest BCUT2D eigenvalue weighted by atomic mass is 16.4. The summed E-state index contributed by atoms with van der Waals surface area (Å²) in [6.45, 7) is 8.80. The van der Waals surface area contributed by atoms with E-state index in [0.717, 1.165) is 22.4 Å². The van der Waals surface area contributed by atoms with Crippen LogP contribution in [0.15, 0.2) is 60.9 Å². The van der Waals surface area contributed by atoms with E-state index in [2.05, 4.69) is 30.7 Å². The largest absolute Gasteiger partial charge is 0.506 e. The van der Waals surface area contributed by atoms with Crippen LogP contribution in [-0.2, 0) is 5.41 Å². The second-order valence-electron chi connectivity index (χ2n) is 9.61. The lowest BCUT2D eigenvalue weighted by atomic mass is 9.84. The molecule has 1 aliphatic heterocycles. The molecular weight excluding hydrogens is 430 g/mol. The lowest BCUT2D eigenvalue weighted by molar-refractivity contribution is 0.0695. The first kappa shape index (κ1) is 23.3. The smallest absolute Gasteiger partial charge is 0.335 e. The fourth-order valence-corrected chi connectivity index (χ4v) is 4.10. The van der Waals surface area contributed by atoms with E-state index in [4.69, 9.17) is 5.11 Å². The van der Waals surface area contributed by atoms with Gasteiger partial charge in [0.2, 0.25) is 0 Å². The number of nitrogens with zero attached hydrogens (tertiary/aromatic N) is 3. The second-order valence-corrected chi connectivity index (χ2v) is 9.61. The third kappa shape index (κ3) is 5.03. The molecule has 0 unspecified atom stereocenters. The van der Waals surface area contributed by atoms with Crippen molar-refractivity contribution in [2.45, 2.75) is 26.2 Å². The van der Waals surface area contributed by atoms with Crippen LogP contribution in [0.4, 0.5) is 5.69 Å². The Morgan fingerprint density at radius 1 is 0.853 bits per heavy atom. The summed E-state index contributed by atoms with van der Waals surface area (Å²) in [6, 6.07) is 14.3. The van der Waals surface area contributed by atoms with E-state index < -0.39 is 5.97 Å². The molecule has 4 rings (SSSR count). The molecule has 0 saturated carbocycles. The van der Waals surface area contributed by atoms with Crippen molar-refractivity contribution in [2.75, 3.05) is 31.1 Å². The standard InChI is InChI=1S/C27H29N3O4/c1-27(2,3)22-13-19(21-15-24(31)17-28-16-21)12-20(14-22)25(32)30-10-8-29(9-11-30)23-6-4-18(5-7-23)26(33)34/h4-7,12-17,31H,8-11H2,1-3H3,(H,33,34). The molecule has 0 spiro atoms. The third-order valence-corrected chi connectivity index (χ3v) is 6.15. The summed E-state index contributed by atoms with van der Waals surface area (Å²) in [4.78, 5) is 32.7. The predicted molar refractivity (Wildman–Crippen MR) is 132 cm³/mol. The van der Waals surface area contributed by atoms with E-state index in [9.17, 15) is 14.7 Å². The van der Waals surface area contributed by atoms with Crippen LogP contribution >= 0.6 is 0 Å².